The standard InChI is InChI=1S/C39H59N5O10S/c1-7-22-42(55(49,50)32-20-18-29(6)19-21-32)25-33-35(54-37(46)41-24-31-16-12-9-13-17-31)34(53-36(45)40-23-30-14-10-8-11-15-30)26-43(38(47)51-27(2)3)44(33)39(48)52-28(4)5/h1,18-21,27-28,30-31,33-35H,8-17,22-26H2,2-6H3,(H,40,45)(H,41,46)/t33-,34+,35-/m1/s1. The van der Waals surface area contributed by atoms with Crippen molar-refractivity contribution in [2.24, 2.45) is 11.8 Å². The maximum absolute atomic E-state index is 14.2. The minimum atomic E-state index is -4.35. The Labute approximate surface area is 326 Å². The molecule has 4 rings (SSSR count). The number of amides is 4. The van der Waals surface area contributed by atoms with E-state index in [1.807, 2.05) is 6.92 Å². The number of carbonyl (C=O) groups is 4. The summed E-state index contributed by atoms with van der Waals surface area (Å²) in [6.07, 6.45) is 8.07. The molecule has 15 nitrogen and oxygen atoms in total. The van der Waals surface area contributed by atoms with Gasteiger partial charge in [0.25, 0.3) is 0 Å². The highest BCUT2D eigenvalue weighted by molar-refractivity contribution is 7.89. The zero-order valence-corrected chi connectivity index (χ0v) is 33.7. The molecule has 0 unspecified atom stereocenters. The number of aryl methyl sites for hydroxylation is 1. The minimum Gasteiger partial charge on any atom is -0.445 e. The van der Waals surface area contributed by atoms with Crippen molar-refractivity contribution in [1.29, 1.82) is 0 Å². The Bertz CT molecular complexity index is 1590. The maximum Gasteiger partial charge on any atom is 0.429 e. The molecule has 0 aromatic heterocycles. The van der Waals surface area contributed by atoms with Gasteiger partial charge >= 0.3 is 24.4 Å². The van der Waals surface area contributed by atoms with Gasteiger partial charge in [-0.1, -0.05) is 62.1 Å². The molecule has 4 amide bonds. The topological polar surface area (TPSA) is 173 Å². The number of benzene rings is 1. The van der Waals surface area contributed by atoms with Crippen molar-refractivity contribution in [3.63, 3.8) is 0 Å². The van der Waals surface area contributed by atoms with Gasteiger partial charge in [0.15, 0.2) is 12.2 Å². The van der Waals surface area contributed by atoms with Crippen LogP contribution in [0.1, 0.15) is 97.5 Å². The van der Waals surface area contributed by atoms with Gasteiger partial charge in [-0.25, -0.2) is 37.6 Å². The van der Waals surface area contributed by atoms with Gasteiger partial charge < -0.3 is 29.6 Å². The molecule has 1 aliphatic heterocycles. The molecule has 2 N–H and O–H groups in total. The lowest BCUT2D eigenvalue weighted by Crippen LogP contribution is -2.71. The van der Waals surface area contributed by atoms with Crippen LogP contribution in [0.4, 0.5) is 19.2 Å². The molecule has 55 heavy (non-hydrogen) atoms. The lowest BCUT2D eigenvalue weighted by Gasteiger charge is -2.49. The van der Waals surface area contributed by atoms with E-state index in [1.54, 1.807) is 39.8 Å². The van der Waals surface area contributed by atoms with Crippen LogP contribution in [0.3, 0.4) is 0 Å². The second kappa shape index (κ2) is 20.6. The normalized spacial score (nSPS) is 21.2. The molecule has 3 fully saturated rings. The fraction of sp³-hybridized carbons (Fsp3) is 0.692. The molecule has 2 saturated carbocycles. The molecule has 0 bridgehead atoms. The number of hydrogen-bond acceptors (Lipinski definition) is 10. The summed E-state index contributed by atoms with van der Waals surface area (Å²) < 4.78 is 52.5. The summed E-state index contributed by atoms with van der Waals surface area (Å²) in [6, 6.07) is 4.62. The summed E-state index contributed by atoms with van der Waals surface area (Å²) in [5, 5.41) is 7.42. The number of terminal acetylenes is 1. The maximum atomic E-state index is 14.2. The fourth-order valence-corrected chi connectivity index (χ4v) is 8.65. The first-order chi connectivity index (χ1) is 26.2. The average molecular weight is 790 g/mol. The zero-order valence-electron chi connectivity index (χ0n) is 32.9. The van der Waals surface area contributed by atoms with Gasteiger partial charge in [-0.2, -0.15) is 4.31 Å². The Hall–Kier alpha value is -4.23. The number of carbonyl (C=O) groups excluding carboxylic acids is 4. The second-order valence-electron chi connectivity index (χ2n) is 15.3. The number of sulfonamides is 1. The summed E-state index contributed by atoms with van der Waals surface area (Å²) in [4.78, 5) is 54.9. The van der Waals surface area contributed by atoms with Crippen LogP contribution in [0.2, 0.25) is 0 Å². The van der Waals surface area contributed by atoms with E-state index in [0.717, 1.165) is 84.1 Å². The highest BCUT2D eigenvalue weighted by Gasteiger charge is 2.53. The van der Waals surface area contributed by atoms with Crippen molar-refractivity contribution in [2.45, 2.75) is 134 Å². The van der Waals surface area contributed by atoms with E-state index in [-0.39, 0.29) is 16.7 Å². The molecule has 3 atom stereocenters. The van der Waals surface area contributed by atoms with Gasteiger partial charge in [0.05, 0.1) is 30.2 Å². The number of ether oxygens (including phenoxy) is 4. The second-order valence-corrected chi connectivity index (χ2v) is 17.2. The van der Waals surface area contributed by atoms with E-state index < -0.39 is 84.5 Å². The van der Waals surface area contributed by atoms with Crippen molar-refractivity contribution < 1.29 is 46.5 Å². The molecule has 306 valence electrons. The summed E-state index contributed by atoms with van der Waals surface area (Å²) in [6.45, 7) is 7.42. The highest BCUT2D eigenvalue weighted by Crippen LogP contribution is 2.30. The van der Waals surface area contributed by atoms with Gasteiger partial charge in [-0.15, -0.1) is 6.42 Å². The number of rotatable bonds is 13. The first-order valence-electron chi connectivity index (χ1n) is 19.6. The van der Waals surface area contributed by atoms with E-state index in [1.165, 1.54) is 12.1 Å². The smallest absolute Gasteiger partial charge is 0.429 e. The number of alkyl carbamates (subject to hydrolysis) is 2. The van der Waals surface area contributed by atoms with Crippen molar-refractivity contribution in [1.82, 2.24) is 25.0 Å². The Morgan fingerprint density at radius 1 is 0.818 bits per heavy atom. The monoisotopic (exact) mass is 789 g/mol. The first-order valence-corrected chi connectivity index (χ1v) is 21.0. The van der Waals surface area contributed by atoms with E-state index in [9.17, 15) is 27.6 Å². The van der Waals surface area contributed by atoms with Crippen molar-refractivity contribution in [3.8, 4) is 12.3 Å². The molecule has 1 heterocycles. The molecule has 3 aliphatic rings. The highest BCUT2D eigenvalue weighted by atomic mass is 32.2. The zero-order chi connectivity index (χ0) is 40.1. The van der Waals surface area contributed by atoms with Crippen LogP contribution < -0.4 is 10.6 Å². The number of nitrogens with one attached hydrogen (secondary N) is 2. The molecular weight excluding hydrogens is 731 g/mol. The van der Waals surface area contributed by atoms with E-state index in [0.29, 0.717) is 13.1 Å². The van der Waals surface area contributed by atoms with Crippen molar-refractivity contribution >= 4 is 34.4 Å². The van der Waals surface area contributed by atoms with Crippen LogP contribution in [0, 0.1) is 31.1 Å². The largest absolute Gasteiger partial charge is 0.445 e. The molecule has 0 spiro atoms. The summed E-state index contributed by atoms with van der Waals surface area (Å²) in [7, 11) is -4.35. The van der Waals surface area contributed by atoms with Crippen LogP contribution in [0.5, 0.6) is 0 Å². The molecule has 16 heteroatoms. The van der Waals surface area contributed by atoms with E-state index in [4.69, 9.17) is 25.4 Å². The molecule has 0 radical (unpaired) electrons. The fourth-order valence-electron chi connectivity index (χ4n) is 7.28. The predicted molar refractivity (Wildman–Crippen MR) is 204 cm³/mol. The first kappa shape index (κ1) is 43.5. The Kier molecular flexibility index (Phi) is 16.3. The summed E-state index contributed by atoms with van der Waals surface area (Å²) >= 11 is 0. The van der Waals surface area contributed by atoms with Crippen LogP contribution in [0.25, 0.3) is 0 Å². The van der Waals surface area contributed by atoms with Crippen molar-refractivity contribution in [3.05, 3.63) is 29.8 Å². The Morgan fingerprint density at radius 3 is 1.84 bits per heavy atom. The van der Waals surface area contributed by atoms with Gasteiger partial charge in [-0.3, -0.25) is 0 Å². The van der Waals surface area contributed by atoms with Crippen LogP contribution in [-0.4, -0.2) is 110 Å². The Morgan fingerprint density at radius 2 is 1.33 bits per heavy atom. The van der Waals surface area contributed by atoms with Gasteiger partial charge in [0.1, 0.15) is 6.04 Å². The third kappa shape index (κ3) is 12.6. The molecule has 1 saturated heterocycles. The molecule has 1 aromatic carbocycles. The van der Waals surface area contributed by atoms with Crippen LogP contribution in [0.15, 0.2) is 29.2 Å². The molecule has 2 aliphatic carbocycles. The number of nitrogens with zero attached hydrogens (tertiary/aromatic N) is 3. The van der Waals surface area contributed by atoms with Crippen molar-refractivity contribution in [2.75, 3.05) is 32.7 Å². The number of hydrazine groups is 1. The minimum absolute atomic E-state index is 0.0749. The lowest BCUT2D eigenvalue weighted by atomic mass is 9.89. The van der Waals surface area contributed by atoms with E-state index in [2.05, 4.69) is 16.6 Å². The third-order valence-electron chi connectivity index (χ3n) is 10.1. The SMILES string of the molecule is C#CCN(C[C@@H]1[C@@H](OC(=O)NCC2CCCCC2)[C@@H](OC(=O)NCC2CCCCC2)CN(C(=O)OC(C)C)N1C(=O)OC(C)C)S(=O)(=O)c1ccc(C)cc1. The number of hydrogen-bond donors (Lipinski definition) is 2. The predicted octanol–water partition coefficient (Wildman–Crippen LogP) is 5.96. The van der Waals surface area contributed by atoms with Gasteiger partial charge in [0, 0.05) is 19.6 Å². The van der Waals surface area contributed by atoms with Gasteiger partial charge in [0.2, 0.25) is 10.0 Å². The van der Waals surface area contributed by atoms with Gasteiger partial charge in [-0.05, 0) is 84.3 Å². The molecule has 1 aromatic rings. The van der Waals surface area contributed by atoms with Crippen LogP contribution >= 0.6 is 0 Å². The molecular formula is C39H59N5O10S. The lowest BCUT2D eigenvalue weighted by molar-refractivity contribution is -0.161. The van der Waals surface area contributed by atoms with Crippen LogP contribution in [-0.2, 0) is 29.0 Å². The summed E-state index contributed by atoms with van der Waals surface area (Å²) in [5.74, 6) is 2.88. The summed E-state index contributed by atoms with van der Waals surface area (Å²) in [5.41, 5.74) is 0.825. The Balaban J connectivity index is 1.78. The average Bonchev–Trinajstić information content (AvgIpc) is 3.14. The quantitative estimate of drug-likeness (QED) is 0.179. The third-order valence-corrected chi connectivity index (χ3v) is 11.9. The van der Waals surface area contributed by atoms with E-state index >= 15 is 0 Å².